The summed E-state index contributed by atoms with van der Waals surface area (Å²) in [7, 11) is 3.19. The average Bonchev–Trinajstić information content (AvgIpc) is 3.43. The summed E-state index contributed by atoms with van der Waals surface area (Å²) in [6, 6.07) is 5.45. The summed E-state index contributed by atoms with van der Waals surface area (Å²) in [5, 5.41) is 0. The molecule has 1 aliphatic rings. The van der Waals surface area contributed by atoms with E-state index in [1.165, 1.54) is 0 Å². The lowest BCUT2D eigenvalue weighted by Gasteiger charge is -2.14. The molecule has 1 fully saturated rings. The number of fused-ring (bicyclic) bond motifs is 1. The van der Waals surface area contributed by atoms with E-state index in [-0.39, 0.29) is 11.8 Å². The van der Waals surface area contributed by atoms with E-state index in [0.717, 1.165) is 17.8 Å². The summed E-state index contributed by atoms with van der Waals surface area (Å²) in [6.07, 6.45) is 7.66. The highest BCUT2D eigenvalue weighted by atomic mass is 16.5. The second-order valence-electron chi connectivity index (χ2n) is 7.47. The maximum Gasteiger partial charge on any atom is 0.246 e. The van der Waals surface area contributed by atoms with Crippen LogP contribution in [0.4, 0.5) is 5.82 Å². The van der Waals surface area contributed by atoms with Gasteiger partial charge in [0, 0.05) is 43.0 Å². The largest absolute Gasteiger partial charge is 0.497 e. The molecule has 1 saturated heterocycles. The number of anilines is 1. The minimum Gasteiger partial charge on any atom is -0.497 e. The van der Waals surface area contributed by atoms with E-state index in [2.05, 4.69) is 16.8 Å². The molecular weight excluding hydrogens is 406 g/mol. The first-order chi connectivity index (χ1) is 15.5. The number of carbonyl (C=O) groups excluding carboxylic acids is 1. The second kappa shape index (κ2) is 9.02. The number of allylic oxidation sites excluding steroid dienone is 1. The molecule has 3 aromatic rings. The first-order valence-electron chi connectivity index (χ1n) is 10.3. The van der Waals surface area contributed by atoms with Crippen molar-refractivity contribution in [2.24, 2.45) is 0 Å². The SMILES string of the molecule is C/C=C/C(=O)N1CC[C@H](c2nc(C#Cc3cc(OC)cc(OC)c3)c3c(N)nccn23)C1. The highest BCUT2D eigenvalue weighted by molar-refractivity contribution is 5.87. The van der Waals surface area contributed by atoms with Gasteiger partial charge in [-0.15, -0.1) is 0 Å². The molecule has 0 spiro atoms. The third-order valence-corrected chi connectivity index (χ3v) is 5.46. The number of methoxy groups -OCH3 is 2. The minimum atomic E-state index is 0.0176. The predicted molar refractivity (Wildman–Crippen MR) is 122 cm³/mol. The number of carbonyl (C=O) groups is 1. The van der Waals surface area contributed by atoms with Crippen LogP contribution >= 0.6 is 0 Å². The van der Waals surface area contributed by atoms with Crippen molar-refractivity contribution < 1.29 is 14.3 Å². The molecular formula is C24H25N5O3. The van der Waals surface area contributed by atoms with Crippen molar-refractivity contribution in [1.29, 1.82) is 0 Å². The zero-order valence-electron chi connectivity index (χ0n) is 18.3. The number of rotatable bonds is 4. The van der Waals surface area contributed by atoms with Crippen LogP contribution in [0.1, 0.15) is 36.3 Å². The topological polar surface area (TPSA) is 95.0 Å². The van der Waals surface area contributed by atoms with Crippen molar-refractivity contribution in [1.82, 2.24) is 19.3 Å². The molecule has 1 atom stereocenters. The van der Waals surface area contributed by atoms with E-state index >= 15 is 0 Å². The normalized spacial score (nSPS) is 15.7. The maximum atomic E-state index is 12.2. The summed E-state index contributed by atoms with van der Waals surface area (Å²) in [6.45, 7) is 3.13. The number of nitrogen functional groups attached to an aromatic ring is 1. The van der Waals surface area contributed by atoms with Gasteiger partial charge < -0.3 is 20.1 Å². The molecule has 0 saturated carbocycles. The van der Waals surface area contributed by atoms with Gasteiger partial charge in [-0.2, -0.15) is 0 Å². The number of amides is 1. The molecule has 2 aromatic heterocycles. The number of benzene rings is 1. The Morgan fingerprint density at radius 2 is 1.97 bits per heavy atom. The van der Waals surface area contributed by atoms with Gasteiger partial charge in [0.15, 0.2) is 5.82 Å². The van der Waals surface area contributed by atoms with Crippen LogP contribution in [0.2, 0.25) is 0 Å². The molecule has 0 unspecified atom stereocenters. The van der Waals surface area contributed by atoms with E-state index in [1.54, 1.807) is 38.6 Å². The number of nitrogens with zero attached hydrogens (tertiary/aromatic N) is 4. The number of likely N-dealkylation sites (tertiary alicyclic amines) is 1. The van der Waals surface area contributed by atoms with Crippen LogP contribution in [0.25, 0.3) is 5.52 Å². The van der Waals surface area contributed by atoms with E-state index in [1.807, 2.05) is 34.6 Å². The van der Waals surface area contributed by atoms with Gasteiger partial charge in [0.2, 0.25) is 5.91 Å². The number of imidazole rings is 1. The maximum absolute atomic E-state index is 12.2. The number of nitrogens with two attached hydrogens (primary N) is 1. The van der Waals surface area contributed by atoms with Crippen molar-refractivity contribution in [2.75, 3.05) is 33.0 Å². The van der Waals surface area contributed by atoms with Gasteiger partial charge in [-0.1, -0.05) is 12.0 Å². The highest BCUT2D eigenvalue weighted by Gasteiger charge is 2.30. The second-order valence-corrected chi connectivity index (χ2v) is 7.47. The Hall–Kier alpha value is -3.99. The molecule has 0 radical (unpaired) electrons. The molecule has 32 heavy (non-hydrogen) atoms. The Labute approximate surface area is 186 Å². The van der Waals surface area contributed by atoms with Crippen LogP contribution < -0.4 is 15.2 Å². The van der Waals surface area contributed by atoms with Crippen molar-refractivity contribution in [3.63, 3.8) is 0 Å². The summed E-state index contributed by atoms with van der Waals surface area (Å²) < 4.78 is 12.6. The van der Waals surface area contributed by atoms with Crippen LogP contribution in [-0.2, 0) is 4.79 Å². The molecule has 8 heteroatoms. The van der Waals surface area contributed by atoms with Gasteiger partial charge in [0.05, 0.1) is 14.2 Å². The van der Waals surface area contributed by atoms with E-state index < -0.39 is 0 Å². The van der Waals surface area contributed by atoms with Gasteiger partial charge in [0.1, 0.15) is 28.5 Å². The van der Waals surface area contributed by atoms with Crippen LogP contribution in [0.15, 0.2) is 42.7 Å². The summed E-state index contributed by atoms with van der Waals surface area (Å²) >= 11 is 0. The van der Waals surface area contributed by atoms with Crippen LogP contribution in [0, 0.1) is 11.8 Å². The van der Waals surface area contributed by atoms with Crippen molar-refractivity contribution in [3.05, 3.63) is 59.8 Å². The fourth-order valence-electron chi connectivity index (χ4n) is 3.89. The smallest absolute Gasteiger partial charge is 0.246 e. The third kappa shape index (κ3) is 4.10. The Morgan fingerprint density at radius 1 is 1.22 bits per heavy atom. The number of hydrogen-bond acceptors (Lipinski definition) is 6. The van der Waals surface area contributed by atoms with Crippen LogP contribution in [0.5, 0.6) is 11.5 Å². The number of aromatic nitrogens is 3. The first-order valence-corrected chi connectivity index (χ1v) is 10.3. The molecule has 4 rings (SSSR count). The monoisotopic (exact) mass is 431 g/mol. The fraction of sp³-hybridized carbons (Fsp3) is 0.292. The fourth-order valence-corrected chi connectivity index (χ4v) is 3.89. The lowest BCUT2D eigenvalue weighted by atomic mass is 10.1. The molecule has 2 N–H and O–H groups in total. The summed E-state index contributed by atoms with van der Waals surface area (Å²) in [5.74, 6) is 8.88. The van der Waals surface area contributed by atoms with Crippen LogP contribution in [0.3, 0.4) is 0 Å². The van der Waals surface area contributed by atoms with E-state index in [9.17, 15) is 4.79 Å². The standard InChI is InChI=1S/C24H25N5O3/c1-4-5-21(30)28-10-8-17(15-28)24-27-20(22-23(25)26-9-11-29(22)24)7-6-16-12-18(31-2)14-19(13-16)32-3/h4-5,9,11-14,17H,8,10,15H2,1-3H3,(H2,25,26)/b5-4+/t17-/m0/s1. The zero-order valence-corrected chi connectivity index (χ0v) is 18.3. The molecule has 3 heterocycles. The predicted octanol–water partition coefficient (Wildman–Crippen LogP) is 2.62. The van der Waals surface area contributed by atoms with E-state index in [0.29, 0.717) is 41.6 Å². The van der Waals surface area contributed by atoms with Gasteiger partial charge >= 0.3 is 0 Å². The molecule has 0 bridgehead atoms. The summed E-state index contributed by atoms with van der Waals surface area (Å²) in [4.78, 5) is 23.1. The molecule has 0 aliphatic carbocycles. The lowest BCUT2D eigenvalue weighted by Crippen LogP contribution is -2.26. The van der Waals surface area contributed by atoms with Crippen molar-refractivity contribution in [3.8, 4) is 23.3 Å². The Morgan fingerprint density at radius 3 is 2.66 bits per heavy atom. The van der Waals surface area contributed by atoms with Gasteiger partial charge in [-0.3, -0.25) is 9.20 Å². The quantitative estimate of drug-likeness (QED) is 0.504. The minimum absolute atomic E-state index is 0.0176. The molecule has 164 valence electrons. The zero-order chi connectivity index (χ0) is 22.7. The average molecular weight is 431 g/mol. The van der Waals surface area contributed by atoms with Gasteiger partial charge in [-0.05, 0) is 37.5 Å². The van der Waals surface area contributed by atoms with Gasteiger partial charge in [-0.25, -0.2) is 9.97 Å². The lowest BCUT2D eigenvalue weighted by molar-refractivity contribution is -0.125. The molecule has 1 amide bonds. The van der Waals surface area contributed by atoms with Crippen molar-refractivity contribution >= 4 is 17.2 Å². The molecule has 1 aromatic carbocycles. The first kappa shape index (κ1) is 21.2. The van der Waals surface area contributed by atoms with Gasteiger partial charge in [0.25, 0.3) is 0 Å². The Kier molecular flexibility index (Phi) is 5.99. The van der Waals surface area contributed by atoms with Crippen molar-refractivity contribution in [2.45, 2.75) is 19.3 Å². The number of hydrogen-bond donors (Lipinski definition) is 1. The Bertz CT molecular complexity index is 1230. The Balaban J connectivity index is 1.72. The van der Waals surface area contributed by atoms with E-state index in [4.69, 9.17) is 20.2 Å². The van der Waals surface area contributed by atoms with Crippen LogP contribution in [-0.4, -0.2) is 52.5 Å². The molecule has 8 nitrogen and oxygen atoms in total. The third-order valence-electron chi connectivity index (χ3n) is 5.46. The molecule has 1 aliphatic heterocycles. The summed E-state index contributed by atoms with van der Waals surface area (Å²) in [5.41, 5.74) is 8.14. The number of ether oxygens (including phenoxy) is 2. The highest BCUT2D eigenvalue weighted by Crippen LogP contribution is 2.30.